The van der Waals surface area contributed by atoms with Gasteiger partial charge in [0.2, 0.25) is 0 Å². The largest absolute Gasteiger partial charge is 0.388 e. The first-order chi connectivity index (χ1) is 5.71. The van der Waals surface area contributed by atoms with Crippen LogP contribution in [-0.2, 0) is 0 Å². The molecule has 0 spiro atoms. The Morgan fingerprint density at radius 2 is 2.08 bits per heavy atom. The average Bonchev–Trinajstić information content (AvgIpc) is 1.92. The lowest BCUT2D eigenvalue weighted by atomic mass is 9.69. The van der Waals surface area contributed by atoms with E-state index >= 15 is 0 Å². The maximum atomic E-state index is 10.2. The molecule has 0 bridgehead atoms. The second-order valence-electron chi connectivity index (χ2n) is 4.55. The molecule has 2 nitrogen and oxygen atoms in total. The van der Waals surface area contributed by atoms with Gasteiger partial charge in [0.25, 0.3) is 0 Å². The van der Waals surface area contributed by atoms with E-state index in [0.717, 1.165) is 19.4 Å². The lowest BCUT2D eigenvalue weighted by Gasteiger charge is -2.45. The minimum Gasteiger partial charge on any atom is -0.388 e. The molecule has 0 aromatic rings. The van der Waals surface area contributed by atoms with Crippen molar-refractivity contribution in [3.05, 3.63) is 0 Å². The predicted octanol–water partition coefficient (Wildman–Crippen LogP) is 1.29. The fraction of sp³-hybridized carbons (Fsp3) is 1.00. The van der Waals surface area contributed by atoms with E-state index in [1.54, 1.807) is 0 Å². The minimum atomic E-state index is -0.356. The van der Waals surface area contributed by atoms with Gasteiger partial charge in [-0.1, -0.05) is 6.42 Å². The lowest BCUT2D eigenvalue weighted by Crippen LogP contribution is -2.55. The molecular formula is C10H19NO. The Hall–Kier alpha value is -0.0800. The van der Waals surface area contributed by atoms with E-state index in [2.05, 4.69) is 12.2 Å². The predicted molar refractivity (Wildman–Crippen MR) is 49.0 cm³/mol. The highest BCUT2D eigenvalue weighted by Gasteiger charge is 2.41. The fourth-order valence-corrected chi connectivity index (χ4v) is 2.30. The van der Waals surface area contributed by atoms with Crippen LogP contribution in [0, 0.1) is 5.92 Å². The van der Waals surface area contributed by atoms with Crippen LogP contribution in [0.4, 0.5) is 0 Å². The van der Waals surface area contributed by atoms with Gasteiger partial charge in [0, 0.05) is 12.6 Å². The summed E-state index contributed by atoms with van der Waals surface area (Å²) in [6.07, 6.45) is 5.94. The molecular weight excluding hydrogens is 150 g/mol. The molecule has 70 valence electrons. The molecule has 2 N–H and O–H groups in total. The third-order valence-electron chi connectivity index (χ3n) is 3.63. The van der Waals surface area contributed by atoms with Crippen molar-refractivity contribution in [1.29, 1.82) is 0 Å². The summed E-state index contributed by atoms with van der Waals surface area (Å²) in [5.74, 6) is 0.595. The van der Waals surface area contributed by atoms with Crippen LogP contribution in [0.5, 0.6) is 0 Å². The van der Waals surface area contributed by atoms with Crippen LogP contribution in [0.25, 0.3) is 0 Å². The summed E-state index contributed by atoms with van der Waals surface area (Å²) in [5.41, 5.74) is -0.356. The number of nitrogens with one attached hydrogen (secondary N) is 1. The van der Waals surface area contributed by atoms with Crippen LogP contribution in [0.15, 0.2) is 0 Å². The first-order valence-corrected chi connectivity index (χ1v) is 5.16. The van der Waals surface area contributed by atoms with Crippen molar-refractivity contribution < 1.29 is 5.11 Å². The number of piperidine rings is 1. The average molecular weight is 169 g/mol. The smallest absolute Gasteiger partial charge is 0.0800 e. The molecule has 0 amide bonds. The van der Waals surface area contributed by atoms with Gasteiger partial charge < -0.3 is 10.4 Å². The normalized spacial score (nSPS) is 44.0. The van der Waals surface area contributed by atoms with Crippen molar-refractivity contribution in [1.82, 2.24) is 5.32 Å². The number of hydrogen-bond acceptors (Lipinski definition) is 2. The van der Waals surface area contributed by atoms with Crippen molar-refractivity contribution in [3.8, 4) is 0 Å². The van der Waals surface area contributed by atoms with Crippen LogP contribution in [0.2, 0.25) is 0 Å². The van der Waals surface area contributed by atoms with E-state index in [1.807, 2.05) is 0 Å². The van der Waals surface area contributed by atoms with Crippen molar-refractivity contribution in [2.24, 2.45) is 5.92 Å². The maximum Gasteiger partial charge on any atom is 0.0800 e. The quantitative estimate of drug-likeness (QED) is 0.620. The van der Waals surface area contributed by atoms with Gasteiger partial charge in [-0.05, 0) is 38.5 Å². The molecule has 2 unspecified atom stereocenters. The molecule has 1 aliphatic carbocycles. The highest BCUT2D eigenvalue weighted by Crippen LogP contribution is 2.39. The first-order valence-electron chi connectivity index (χ1n) is 5.16. The van der Waals surface area contributed by atoms with Gasteiger partial charge in [-0.15, -0.1) is 0 Å². The summed E-state index contributed by atoms with van der Waals surface area (Å²) in [4.78, 5) is 0. The van der Waals surface area contributed by atoms with E-state index < -0.39 is 0 Å². The summed E-state index contributed by atoms with van der Waals surface area (Å²) in [7, 11) is 0. The van der Waals surface area contributed by atoms with Gasteiger partial charge in [0.05, 0.1) is 5.60 Å². The van der Waals surface area contributed by atoms with Crippen molar-refractivity contribution in [2.45, 2.75) is 50.7 Å². The van der Waals surface area contributed by atoms with Crippen LogP contribution < -0.4 is 5.32 Å². The van der Waals surface area contributed by atoms with E-state index in [9.17, 15) is 5.11 Å². The Kier molecular flexibility index (Phi) is 2.13. The third-order valence-corrected chi connectivity index (χ3v) is 3.63. The molecule has 2 fully saturated rings. The molecule has 1 saturated carbocycles. The standard InChI is InChI=1S/C10H19NO/c1-8-5-6-10(12,7-11-8)9-3-2-4-9/h8-9,11-12H,2-7H2,1H3. The SMILES string of the molecule is CC1CCC(O)(C2CCC2)CN1. The zero-order chi connectivity index (χ0) is 8.60. The van der Waals surface area contributed by atoms with Gasteiger partial charge in [-0.3, -0.25) is 0 Å². The summed E-state index contributed by atoms with van der Waals surface area (Å²) in [6, 6.07) is 0.602. The summed E-state index contributed by atoms with van der Waals surface area (Å²) in [5, 5.41) is 13.6. The molecule has 0 radical (unpaired) electrons. The molecule has 0 aromatic heterocycles. The highest BCUT2D eigenvalue weighted by atomic mass is 16.3. The molecule has 0 aromatic carbocycles. The molecule has 2 heteroatoms. The van der Waals surface area contributed by atoms with E-state index in [1.165, 1.54) is 19.3 Å². The van der Waals surface area contributed by atoms with E-state index in [-0.39, 0.29) is 5.60 Å². The molecule has 2 aliphatic rings. The fourth-order valence-electron chi connectivity index (χ4n) is 2.30. The van der Waals surface area contributed by atoms with E-state index in [4.69, 9.17) is 0 Å². The molecule has 1 heterocycles. The molecule has 1 saturated heterocycles. The van der Waals surface area contributed by atoms with Crippen molar-refractivity contribution in [2.75, 3.05) is 6.54 Å². The van der Waals surface area contributed by atoms with Gasteiger partial charge in [-0.25, -0.2) is 0 Å². The van der Waals surface area contributed by atoms with Crippen molar-refractivity contribution >= 4 is 0 Å². The van der Waals surface area contributed by atoms with Gasteiger partial charge in [-0.2, -0.15) is 0 Å². The van der Waals surface area contributed by atoms with Crippen LogP contribution in [0.1, 0.15) is 39.0 Å². The third kappa shape index (κ3) is 1.38. The molecule has 2 rings (SSSR count). The Balaban J connectivity index is 1.92. The highest BCUT2D eigenvalue weighted by molar-refractivity contribution is 4.96. The van der Waals surface area contributed by atoms with E-state index in [0.29, 0.717) is 12.0 Å². The monoisotopic (exact) mass is 169 g/mol. The summed E-state index contributed by atoms with van der Waals surface area (Å²) >= 11 is 0. The topological polar surface area (TPSA) is 32.3 Å². The number of rotatable bonds is 1. The zero-order valence-corrected chi connectivity index (χ0v) is 7.84. The Labute approximate surface area is 74.4 Å². The zero-order valence-electron chi connectivity index (χ0n) is 7.84. The second-order valence-corrected chi connectivity index (χ2v) is 4.55. The van der Waals surface area contributed by atoms with Gasteiger partial charge in [0.1, 0.15) is 0 Å². The van der Waals surface area contributed by atoms with Crippen LogP contribution >= 0.6 is 0 Å². The molecule has 1 aliphatic heterocycles. The first kappa shape index (κ1) is 8.52. The van der Waals surface area contributed by atoms with Crippen molar-refractivity contribution in [3.63, 3.8) is 0 Å². The minimum absolute atomic E-state index is 0.356. The summed E-state index contributed by atoms with van der Waals surface area (Å²) < 4.78 is 0. The Morgan fingerprint density at radius 1 is 1.33 bits per heavy atom. The molecule has 12 heavy (non-hydrogen) atoms. The van der Waals surface area contributed by atoms with Gasteiger partial charge >= 0.3 is 0 Å². The number of aliphatic hydroxyl groups is 1. The van der Waals surface area contributed by atoms with Crippen LogP contribution in [0.3, 0.4) is 0 Å². The Morgan fingerprint density at radius 3 is 2.50 bits per heavy atom. The lowest BCUT2D eigenvalue weighted by molar-refractivity contribution is -0.0712. The second kappa shape index (κ2) is 3.00. The van der Waals surface area contributed by atoms with Gasteiger partial charge in [0.15, 0.2) is 0 Å². The van der Waals surface area contributed by atoms with Crippen LogP contribution in [-0.4, -0.2) is 23.3 Å². The number of β-amino-alcohol motifs (C(OH)–C–C–N with tert-alkyl or cyclic N) is 1. The molecule has 2 atom stereocenters. The Bertz CT molecular complexity index is 157. The number of hydrogen-bond donors (Lipinski definition) is 2. The summed E-state index contributed by atoms with van der Waals surface area (Å²) in [6.45, 7) is 3.01. The maximum absolute atomic E-state index is 10.2.